The molecule has 1 unspecified atom stereocenters. The maximum atomic E-state index is 13.5. The molecule has 0 aliphatic carbocycles. The molecule has 0 aromatic heterocycles. The molecule has 0 radical (unpaired) electrons. The second-order valence-corrected chi connectivity index (χ2v) is 13.9. The van der Waals surface area contributed by atoms with Gasteiger partial charge in [0, 0.05) is 56.0 Å². The van der Waals surface area contributed by atoms with Crippen LogP contribution in [0.25, 0.3) is 0 Å². The first-order chi connectivity index (χ1) is 21.1. The van der Waals surface area contributed by atoms with Crippen molar-refractivity contribution in [3.63, 3.8) is 0 Å². The SMILES string of the molecule is O=C1CC(CC[N+]23CCC(c4ccccc4)(CC2)CC3)(c2ccc(Cl)c(Cl)c2)CN1Cc1cc(C(F)(F)F)cc(C(F)(F)F)c1. The fourth-order valence-electron chi connectivity index (χ4n) is 7.79. The quantitative estimate of drug-likeness (QED) is 0.182. The van der Waals surface area contributed by atoms with Gasteiger partial charge in [-0.15, -0.1) is 0 Å². The Kier molecular flexibility index (Phi) is 8.22. The van der Waals surface area contributed by atoms with E-state index in [0.717, 1.165) is 55.5 Å². The summed E-state index contributed by atoms with van der Waals surface area (Å²) in [6, 6.07) is 17.3. The number of carbonyl (C=O) groups excluding carboxylic acids is 1. The molecule has 11 heteroatoms. The lowest BCUT2D eigenvalue weighted by atomic mass is 9.66. The third kappa shape index (κ3) is 6.32. The zero-order valence-corrected chi connectivity index (χ0v) is 26.0. The zero-order chi connectivity index (χ0) is 32.3. The van der Waals surface area contributed by atoms with Gasteiger partial charge in [-0.25, -0.2) is 0 Å². The monoisotopic (exact) mass is 669 g/mol. The van der Waals surface area contributed by atoms with Gasteiger partial charge in [-0.3, -0.25) is 4.79 Å². The van der Waals surface area contributed by atoms with E-state index in [0.29, 0.717) is 28.6 Å². The summed E-state index contributed by atoms with van der Waals surface area (Å²) >= 11 is 12.6. The fourth-order valence-corrected chi connectivity index (χ4v) is 8.09. The zero-order valence-electron chi connectivity index (χ0n) is 24.5. The Balaban J connectivity index is 1.26. The highest BCUT2D eigenvalue weighted by Gasteiger charge is 2.52. The number of halogens is 8. The van der Waals surface area contributed by atoms with Gasteiger partial charge in [0.25, 0.3) is 0 Å². The molecule has 0 saturated carbocycles. The lowest BCUT2D eigenvalue weighted by molar-refractivity contribution is -0.944. The van der Waals surface area contributed by atoms with Gasteiger partial charge in [0.1, 0.15) is 0 Å². The lowest BCUT2D eigenvalue weighted by Crippen LogP contribution is -2.63. The highest BCUT2D eigenvalue weighted by molar-refractivity contribution is 6.42. The Labute approximate surface area is 268 Å². The van der Waals surface area contributed by atoms with E-state index in [1.165, 1.54) is 10.5 Å². The molecular weight excluding hydrogens is 637 g/mol. The number of hydrogen-bond donors (Lipinski definition) is 0. The van der Waals surface area contributed by atoms with Crippen molar-refractivity contribution in [2.45, 2.75) is 61.8 Å². The largest absolute Gasteiger partial charge is 0.416 e. The van der Waals surface area contributed by atoms with Gasteiger partial charge >= 0.3 is 12.4 Å². The number of nitrogens with zero attached hydrogens (tertiary/aromatic N) is 2. The van der Waals surface area contributed by atoms with Crippen LogP contribution in [0, 0.1) is 0 Å². The van der Waals surface area contributed by atoms with Crippen LogP contribution >= 0.6 is 23.2 Å². The maximum Gasteiger partial charge on any atom is 0.416 e. The average Bonchev–Trinajstić information content (AvgIpc) is 3.33. The number of fused-ring (bicyclic) bond motifs is 3. The van der Waals surface area contributed by atoms with Crippen LogP contribution in [0.15, 0.2) is 66.7 Å². The standard InChI is InChI=1S/C34H33Cl2F6N2O/c35-28-7-6-25(19-29(28)36)32(11-15-44-12-8-31(9-13-44,10-14-44)24-4-2-1-3-5-24)20-30(45)43(22-32)21-23-16-26(33(37,38)39)18-27(17-23)34(40,41)42/h1-7,16-19H,8-15,20-22H2/q+1. The highest BCUT2D eigenvalue weighted by atomic mass is 35.5. The van der Waals surface area contributed by atoms with Crippen LogP contribution in [0.2, 0.25) is 10.0 Å². The van der Waals surface area contributed by atoms with Gasteiger partial charge in [-0.2, -0.15) is 26.3 Å². The van der Waals surface area contributed by atoms with Crippen LogP contribution in [0.1, 0.15) is 59.9 Å². The molecule has 1 atom stereocenters. The number of carbonyl (C=O) groups is 1. The van der Waals surface area contributed by atoms with Crippen LogP contribution < -0.4 is 0 Å². The predicted molar refractivity (Wildman–Crippen MR) is 161 cm³/mol. The number of benzene rings is 3. The molecule has 3 aromatic rings. The molecule has 7 rings (SSSR count). The summed E-state index contributed by atoms with van der Waals surface area (Å²) in [6.07, 6.45) is -6.04. The highest BCUT2D eigenvalue weighted by Crippen LogP contribution is 2.48. The van der Waals surface area contributed by atoms with Crippen molar-refractivity contribution in [1.82, 2.24) is 4.90 Å². The molecule has 45 heavy (non-hydrogen) atoms. The number of likely N-dealkylation sites (tertiary alicyclic amines) is 1. The first-order valence-corrected chi connectivity index (χ1v) is 15.8. The average molecular weight is 671 g/mol. The van der Waals surface area contributed by atoms with Crippen LogP contribution in [-0.2, 0) is 34.5 Å². The minimum atomic E-state index is -4.97. The van der Waals surface area contributed by atoms with Crippen LogP contribution in [0.4, 0.5) is 26.3 Å². The molecule has 3 nitrogen and oxygen atoms in total. The van der Waals surface area contributed by atoms with Crippen molar-refractivity contribution in [3.05, 3.63) is 105 Å². The van der Waals surface area contributed by atoms with Crippen molar-refractivity contribution in [2.24, 2.45) is 0 Å². The van der Waals surface area contributed by atoms with E-state index >= 15 is 0 Å². The topological polar surface area (TPSA) is 20.3 Å². The molecular formula is C34H33Cl2F6N2O+. The van der Waals surface area contributed by atoms with Crippen LogP contribution in [-0.4, -0.2) is 48.0 Å². The summed E-state index contributed by atoms with van der Waals surface area (Å²) < 4.78 is 82.2. The number of rotatable bonds is 7. The van der Waals surface area contributed by atoms with Crippen molar-refractivity contribution in [1.29, 1.82) is 0 Å². The number of amides is 1. The second-order valence-electron chi connectivity index (χ2n) is 13.1. The van der Waals surface area contributed by atoms with Crippen LogP contribution in [0.3, 0.4) is 0 Å². The number of quaternary nitrogens is 1. The van der Waals surface area contributed by atoms with Gasteiger partial charge < -0.3 is 9.38 Å². The molecule has 0 spiro atoms. The Morgan fingerprint density at radius 1 is 0.756 bits per heavy atom. The molecule has 0 N–H and O–H groups in total. The van der Waals surface area contributed by atoms with E-state index in [2.05, 4.69) is 24.3 Å². The molecule has 1 amide bonds. The third-order valence-electron chi connectivity index (χ3n) is 10.5. The predicted octanol–water partition coefficient (Wildman–Crippen LogP) is 9.04. The Hall–Kier alpha value is -2.75. The van der Waals surface area contributed by atoms with Gasteiger partial charge in [0.2, 0.25) is 5.91 Å². The summed E-state index contributed by atoms with van der Waals surface area (Å²) in [4.78, 5) is 14.9. The maximum absolute atomic E-state index is 13.5. The van der Waals surface area contributed by atoms with E-state index < -0.39 is 28.9 Å². The Morgan fingerprint density at radius 2 is 1.36 bits per heavy atom. The molecule has 4 aliphatic rings. The van der Waals surface area contributed by atoms with E-state index in [-0.39, 0.29) is 42.5 Å². The minimum Gasteiger partial charge on any atom is -0.337 e. The van der Waals surface area contributed by atoms with Crippen molar-refractivity contribution >= 4 is 29.1 Å². The molecule has 4 aliphatic heterocycles. The van der Waals surface area contributed by atoms with Crippen molar-refractivity contribution < 1.29 is 35.6 Å². The lowest BCUT2D eigenvalue weighted by Gasteiger charge is -2.55. The summed E-state index contributed by atoms with van der Waals surface area (Å²) in [5, 5.41) is 0.675. The van der Waals surface area contributed by atoms with Crippen molar-refractivity contribution in [2.75, 3.05) is 32.7 Å². The molecule has 4 fully saturated rings. The van der Waals surface area contributed by atoms with Gasteiger partial charge in [-0.05, 0) is 47.0 Å². The smallest absolute Gasteiger partial charge is 0.337 e. The van der Waals surface area contributed by atoms with E-state index in [4.69, 9.17) is 23.2 Å². The molecule has 4 heterocycles. The van der Waals surface area contributed by atoms with E-state index in [1.54, 1.807) is 12.1 Å². The Bertz CT molecular complexity index is 1530. The van der Waals surface area contributed by atoms with Crippen molar-refractivity contribution in [3.8, 4) is 0 Å². The number of hydrogen-bond acceptors (Lipinski definition) is 1. The summed E-state index contributed by atoms with van der Waals surface area (Å²) in [5.74, 6) is -0.326. The van der Waals surface area contributed by atoms with E-state index in [1.807, 2.05) is 12.1 Å². The minimum absolute atomic E-state index is 0.0734. The molecule has 240 valence electrons. The summed E-state index contributed by atoms with van der Waals surface area (Å²) in [5.41, 5.74) is -1.38. The van der Waals surface area contributed by atoms with Gasteiger partial charge in [0.15, 0.2) is 0 Å². The molecule has 4 saturated heterocycles. The molecule has 3 aromatic carbocycles. The Morgan fingerprint density at radius 3 is 1.91 bits per heavy atom. The number of alkyl halides is 6. The number of piperidine rings is 3. The van der Waals surface area contributed by atoms with Gasteiger partial charge in [-0.1, -0.05) is 59.6 Å². The van der Waals surface area contributed by atoms with Crippen LogP contribution in [0.5, 0.6) is 0 Å². The molecule has 2 bridgehead atoms. The summed E-state index contributed by atoms with van der Waals surface area (Å²) in [6.45, 7) is 3.61. The van der Waals surface area contributed by atoms with Gasteiger partial charge in [0.05, 0.1) is 47.4 Å². The van der Waals surface area contributed by atoms with E-state index in [9.17, 15) is 31.1 Å². The summed E-state index contributed by atoms with van der Waals surface area (Å²) in [7, 11) is 0. The fraction of sp³-hybridized carbons (Fsp3) is 0.441. The first-order valence-electron chi connectivity index (χ1n) is 15.0. The third-order valence-corrected chi connectivity index (χ3v) is 11.3. The second kappa shape index (κ2) is 11.5. The first kappa shape index (κ1) is 32.2. The normalized spacial score (nSPS) is 26.9.